The molecule has 4 heteroatoms. The van der Waals surface area contributed by atoms with Crippen LogP contribution in [0.4, 0.5) is 4.39 Å². The lowest BCUT2D eigenvalue weighted by Crippen LogP contribution is -1.77. The minimum absolute atomic E-state index is 0.316. The third kappa shape index (κ3) is 1.14. The van der Waals surface area contributed by atoms with E-state index in [4.69, 9.17) is 0 Å². The second-order valence-electron chi connectivity index (χ2n) is 2.21. The molecule has 11 heavy (non-hydrogen) atoms. The minimum atomic E-state index is -0.316. The van der Waals surface area contributed by atoms with Crippen molar-refractivity contribution in [3.05, 3.63) is 28.7 Å². The van der Waals surface area contributed by atoms with Gasteiger partial charge in [0.2, 0.25) is 0 Å². The number of hydrogen-bond donors (Lipinski definition) is 1. The van der Waals surface area contributed by atoms with E-state index < -0.39 is 0 Å². The zero-order valence-corrected chi connectivity index (χ0v) is 7.02. The molecule has 0 saturated carbocycles. The number of aromatic nitrogens is 2. The molecular formula is C7H4BrFN2. The lowest BCUT2D eigenvalue weighted by molar-refractivity contribution is 0.624. The van der Waals surface area contributed by atoms with Gasteiger partial charge in [0.25, 0.3) is 0 Å². The quantitative estimate of drug-likeness (QED) is 0.718. The zero-order valence-electron chi connectivity index (χ0n) is 5.44. The third-order valence-corrected chi connectivity index (χ3v) is 1.83. The van der Waals surface area contributed by atoms with E-state index in [2.05, 4.69) is 25.9 Å². The Morgan fingerprint density at radius 3 is 3.09 bits per heavy atom. The summed E-state index contributed by atoms with van der Waals surface area (Å²) in [6.45, 7) is 0. The van der Waals surface area contributed by atoms with Crippen molar-refractivity contribution >= 4 is 27.0 Å². The Morgan fingerprint density at radius 1 is 1.45 bits per heavy atom. The Hall–Kier alpha value is -0.900. The molecule has 0 aliphatic heterocycles. The number of pyridine rings is 1. The molecule has 0 aliphatic rings. The molecule has 2 rings (SSSR count). The first-order chi connectivity index (χ1) is 5.25. The molecule has 56 valence electrons. The number of halogens is 2. The van der Waals surface area contributed by atoms with Gasteiger partial charge in [0, 0.05) is 5.39 Å². The summed E-state index contributed by atoms with van der Waals surface area (Å²) in [4.78, 5) is 6.77. The van der Waals surface area contributed by atoms with Crippen LogP contribution in [0, 0.1) is 5.82 Å². The van der Waals surface area contributed by atoms with Gasteiger partial charge in [0.15, 0.2) is 0 Å². The average Bonchev–Trinajstić information content (AvgIpc) is 2.27. The normalized spacial score (nSPS) is 10.7. The topological polar surface area (TPSA) is 28.7 Å². The van der Waals surface area contributed by atoms with Gasteiger partial charge in [0.1, 0.15) is 11.5 Å². The van der Waals surface area contributed by atoms with Gasteiger partial charge in [-0.25, -0.2) is 9.37 Å². The van der Waals surface area contributed by atoms with Crippen LogP contribution in [0.2, 0.25) is 0 Å². The van der Waals surface area contributed by atoms with Gasteiger partial charge >= 0.3 is 0 Å². The summed E-state index contributed by atoms with van der Waals surface area (Å²) < 4.78 is 13.4. The van der Waals surface area contributed by atoms with E-state index in [1.54, 1.807) is 6.07 Å². The maximum atomic E-state index is 12.6. The van der Waals surface area contributed by atoms with Crippen LogP contribution in [0.25, 0.3) is 11.0 Å². The largest absolute Gasteiger partial charge is 0.334 e. The van der Waals surface area contributed by atoms with Gasteiger partial charge in [-0.05, 0) is 28.1 Å². The molecule has 2 aromatic heterocycles. The predicted molar refractivity (Wildman–Crippen MR) is 43.8 cm³/mol. The molecule has 0 bridgehead atoms. The first-order valence-corrected chi connectivity index (χ1v) is 3.85. The van der Waals surface area contributed by atoms with Crippen LogP contribution >= 0.6 is 15.9 Å². The number of rotatable bonds is 0. The van der Waals surface area contributed by atoms with Gasteiger partial charge in [-0.1, -0.05) is 0 Å². The van der Waals surface area contributed by atoms with E-state index in [1.165, 1.54) is 12.3 Å². The molecule has 0 saturated heterocycles. The van der Waals surface area contributed by atoms with E-state index in [9.17, 15) is 4.39 Å². The highest BCUT2D eigenvalue weighted by Crippen LogP contribution is 2.17. The van der Waals surface area contributed by atoms with Crippen LogP contribution in [0.1, 0.15) is 0 Å². The Labute approximate surface area is 70.6 Å². The lowest BCUT2D eigenvalue weighted by atomic mass is 10.3. The Bertz CT molecular complexity index is 396. The average molecular weight is 215 g/mol. The van der Waals surface area contributed by atoms with Crippen molar-refractivity contribution in [1.82, 2.24) is 9.97 Å². The van der Waals surface area contributed by atoms with Gasteiger partial charge in [-0.3, -0.25) is 0 Å². The molecule has 0 amide bonds. The molecule has 2 heterocycles. The Morgan fingerprint density at radius 2 is 2.27 bits per heavy atom. The minimum Gasteiger partial charge on any atom is -0.334 e. The molecule has 0 unspecified atom stereocenters. The molecule has 0 aliphatic carbocycles. The fourth-order valence-corrected chi connectivity index (χ4v) is 1.39. The van der Waals surface area contributed by atoms with Gasteiger partial charge < -0.3 is 4.98 Å². The fourth-order valence-electron chi connectivity index (χ4n) is 0.955. The summed E-state index contributed by atoms with van der Waals surface area (Å²) in [7, 11) is 0. The van der Waals surface area contributed by atoms with Gasteiger partial charge in [0.05, 0.1) is 10.8 Å². The smallest absolute Gasteiger partial charge is 0.142 e. The second kappa shape index (κ2) is 2.30. The second-order valence-corrected chi connectivity index (χ2v) is 3.06. The number of nitrogens with zero attached hydrogens (tertiary/aromatic N) is 1. The molecular weight excluding hydrogens is 211 g/mol. The van der Waals surface area contributed by atoms with Crippen LogP contribution in [-0.4, -0.2) is 9.97 Å². The Kier molecular flexibility index (Phi) is 1.42. The third-order valence-electron chi connectivity index (χ3n) is 1.40. The molecule has 2 aromatic rings. The van der Waals surface area contributed by atoms with Crippen LogP contribution in [0.5, 0.6) is 0 Å². The van der Waals surface area contributed by atoms with Crippen molar-refractivity contribution in [1.29, 1.82) is 0 Å². The van der Waals surface area contributed by atoms with Crippen LogP contribution in [-0.2, 0) is 0 Å². The first-order valence-electron chi connectivity index (χ1n) is 3.05. The zero-order chi connectivity index (χ0) is 7.84. The van der Waals surface area contributed by atoms with E-state index >= 15 is 0 Å². The van der Waals surface area contributed by atoms with Crippen molar-refractivity contribution < 1.29 is 4.39 Å². The Balaban J connectivity index is 2.82. The monoisotopic (exact) mass is 214 g/mol. The number of H-pyrrole nitrogens is 1. The van der Waals surface area contributed by atoms with Crippen molar-refractivity contribution in [2.45, 2.75) is 0 Å². The number of hydrogen-bond acceptors (Lipinski definition) is 1. The maximum absolute atomic E-state index is 12.6. The van der Waals surface area contributed by atoms with E-state index in [0.717, 1.165) is 9.99 Å². The van der Waals surface area contributed by atoms with Crippen LogP contribution in [0.3, 0.4) is 0 Å². The van der Waals surface area contributed by atoms with Crippen molar-refractivity contribution in [2.75, 3.05) is 0 Å². The number of nitrogens with one attached hydrogen (secondary N) is 1. The molecule has 0 radical (unpaired) electrons. The highest BCUT2D eigenvalue weighted by atomic mass is 79.9. The molecule has 2 nitrogen and oxygen atoms in total. The molecule has 0 fully saturated rings. The van der Waals surface area contributed by atoms with Crippen molar-refractivity contribution in [2.24, 2.45) is 0 Å². The highest BCUT2D eigenvalue weighted by molar-refractivity contribution is 9.10. The van der Waals surface area contributed by atoms with Crippen LogP contribution < -0.4 is 0 Å². The summed E-state index contributed by atoms with van der Waals surface area (Å²) in [5.74, 6) is -0.316. The van der Waals surface area contributed by atoms with Crippen molar-refractivity contribution in [3.8, 4) is 0 Å². The number of fused-ring (bicyclic) bond motifs is 1. The van der Waals surface area contributed by atoms with Gasteiger partial charge in [-0.15, -0.1) is 0 Å². The number of aromatic amines is 1. The summed E-state index contributed by atoms with van der Waals surface area (Å²) in [5.41, 5.74) is 0.693. The molecule has 1 N–H and O–H groups in total. The summed E-state index contributed by atoms with van der Waals surface area (Å²) in [6, 6.07) is 3.22. The van der Waals surface area contributed by atoms with Crippen LogP contribution in [0.15, 0.2) is 22.9 Å². The standard InChI is InChI=1S/C7H4BrFN2/c8-6-2-4-1-5(9)3-10-7(4)11-6/h1-3H,(H,10,11). The van der Waals surface area contributed by atoms with Crippen molar-refractivity contribution in [3.63, 3.8) is 0 Å². The van der Waals surface area contributed by atoms with E-state index in [1.807, 2.05) is 0 Å². The summed E-state index contributed by atoms with van der Waals surface area (Å²) in [6.07, 6.45) is 1.19. The van der Waals surface area contributed by atoms with E-state index in [0.29, 0.717) is 5.65 Å². The summed E-state index contributed by atoms with van der Waals surface area (Å²) in [5, 5.41) is 0.775. The maximum Gasteiger partial charge on any atom is 0.142 e. The predicted octanol–water partition coefficient (Wildman–Crippen LogP) is 2.46. The highest BCUT2D eigenvalue weighted by Gasteiger charge is 1.99. The molecule has 0 spiro atoms. The molecule has 0 atom stereocenters. The van der Waals surface area contributed by atoms with Gasteiger partial charge in [-0.2, -0.15) is 0 Å². The SMILES string of the molecule is Fc1cnc2[nH]c(Br)cc2c1. The first kappa shape index (κ1) is 6.79. The molecule has 0 aromatic carbocycles. The lowest BCUT2D eigenvalue weighted by Gasteiger charge is -1.86. The summed E-state index contributed by atoms with van der Waals surface area (Å²) >= 11 is 3.23. The fraction of sp³-hybridized carbons (Fsp3) is 0. The van der Waals surface area contributed by atoms with E-state index in [-0.39, 0.29) is 5.82 Å².